The second-order valence-electron chi connectivity index (χ2n) is 4.08. The smallest absolute Gasteiger partial charge is 0.243 e. The number of nitrogens with two attached hydrogens (primary N) is 1. The van der Waals surface area contributed by atoms with Crippen LogP contribution in [-0.2, 0) is 16.6 Å². The van der Waals surface area contributed by atoms with Crippen LogP contribution in [0.5, 0.6) is 0 Å². The molecule has 0 aliphatic heterocycles. The van der Waals surface area contributed by atoms with Crippen molar-refractivity contribution < 1.29 is 12.8 Å². The first-order valence-corrected chi connectivity index (χ1v) is 7.47. The highest BCUT2D eigenvalue weighted by Crippen LogP contribution is 2.16. The number of H-pyrrole nitrogens is 1. The number of aromatic nitrogens is 2. The lowest BCUT2D eigenvalue weighted by atomic mass is 10.2. The Bertz CT molecular complexity index is 776. The predicted octanol–water partition coefficient (Wildman–Crippen LogP) is 0.338. The third-order valence-electron chi connectivity index (χ3n) is 2.58. The van der Waals surface area contributed by atoms with Crippen LogP contribution in [-0.4, -0.2) is 25.2 Å². The summed E-state index contributed by atoms with van der Waals surface area (Å²) in [5.41, 5.74) is 6.23. The van der Waals surface area contributed by atoms with Gasteiger partial charge in [0.25, 0.3) is 0 Å². The Hall–Kier alpha value is -2.21. The van der Waals surface area contributed by atoms with Gasteiger partial charge in [-0.3, -0.25) is 5.10 Å². The maximum atomic E-state index is 13.9. The molecule has 0 unspecified atom stereocenters. The molecule has 0 bridgehead atoms. The maximum absolute atomic E-state index is 13.9. The molecule has 0 atom stereocenters. The first-order chi connectivity index (χ1) is 10.0. The molecule has 0 aliphatic rings. The largest absolute Gasteiger partial charge is 0.320 e. The SMILES string of the molecule is NCC#Cc1ccc(S(=O)(=O)NCc2cn[nH]c2)c(F)c1. The van der Waals surface area contributed by atoms with E-state index in [1.54, 1.807) is 6.20 Å². The highest BCUT2D eigenvalue weighted by atomic mass is 32.2. The van der Waals surface area contributed by atoms with Crippen LogP contribution in [0.4, 0.5) is 4.39 Å². The van der Waals surface area contributed by atoms with Gasteiger partial charge in [-0.2, -0.15) is 5.10 Å². The third kappa shape index (κ3) is 3.88. The molecule has 0 fully saturated rings. The van der Waals surface area contributed by atoms with Crippen LogP contribution in [0.1, 0.15) is 11.1 Å². The molecule has 0 amide bonds. The van der Waals surface area contributed by atoms with E-state index in [0.29, 0.717) is 11.1 Å². The van der Waals surface area contributed by atoms with E-state index in [1.807, 2.05) is 0 Å². The highest BCUT2D eigenvalue weighted by Gasteiger charge is 2.19. The van der Waals surface area contributed by atoms with E-state index in [-0.39, 0.29) is 13.1 Å². The molecule has 0 aliphatic carbocycles. The van der Waals surface area contributed by atoms with Crippen molar-refractivity contribution in [1.82, 2.24) is 14.9 Å². The molecule has 21 heavy (non-hydrogen) atoms. The van der Waals surface area contributed by atoms with E-state index in [2.05, 4.69) is 26.8 Å². The van der Waals surface area contributed by atoms with Gasteiger partial charge in [0, 0.05) is 23.9 Å². The molecule has 2 rings (SSSR count). The van der Waals surface area contributed by atoms with Crippen molar-refractivity contribution in [1.29, 1.82) is 0 Å². The van der Waals surface area contributed by atoms with Crippen molar-refractivity contribution in [3.63, 3.8) is 0 Å². The average molecular weight is 308 g/mol. The lowest BCUT2D eigenvalue weighted by molar-refractivity contribution is 0.556. The second-order valence-corrected chi connectivity index (χ2v) is 5.82. The van der Waals surface area contributed by atoms with Crippen molar-refractivity contribution in [2.24, 2.45) is 5.73 Å². The second kappa shape index (κ2) is 6.49. The summed E-state index contributed by atoms with van der Waals surface area (Å²) in [5, 5.41) is 6.25. The zero-order valence-electron chi connectivity index (χ0n) is 10.9. The molecule has 8 heteroatoms. The minimum absolute atomic E-state index is 0.0208. The van der Waals surface area contributed by atoms with Crippen LogP contribution in [0.15, 0.2) is 35.5 Å². The van der Waals surface area contributed by atoms with Gasteiger partial charge in [-0.05, 0) is 18.2 Å². The van der Waals surface area contributed by atoms with E-state index in [1.165, 1.54) is 18.3 Å². The third-order valence-corrected chi connectivity index (χ3v) is 4.01. The van der Waals surface area contributed by atoms with Crippen LogP contribution in [0.25, 0.3) is 0 Å². The Morgan fingerprint density at radius 3 is 2.86 bits per heavy atom. The van der Waals surface area contributed by atoms with E-state index in [0.717, 1.165) is 6.07 Å². The molecule has 110 valence electrons. The predicted molar refractivity (Wildman–Crippen MR) is 74.9 cm³/mol. The summed E-state index contributed by atoms with van der Waals surface area (Å²) in [6.07, 6.45) is 3.02. The van der Waals surface area contributed by atoms with Gasteiger partial charge in [-0.1, -0.05) is 11.8 Å². The topological polar surface area (TPSA) is 101 Å². The fraction of sp³-hybridized carbons (Fsp3) is 0.154. The molecular formula is C13H13FN4O2S. The zero-order valence-corrected chi connectivity index (χ0v) is 11.7. The van der Waals surface area contributed by atoms with Gasteiger partial charge in [-0.25, -0.2) is 17.5 Å². The van der Waals surface area contributed by atoms with E-state index in [9.17, 15) is 12.8 Å². The zero-order chi connectivity index (χ0) is 15.3. The van der Waals surface area contributed by atoms with Crippen molar-refractivity contribution in [2.75, 3.05) is 6.54 Å². The number of nitrogens with zero attached hydrogens (tertiary/aromatic N) is 1. The lowest BCUT2D eigenvalue weighted by Crippen LogP contribution is -2.24. The van der Waals surface area contributed by atoms with Crippen LogP contribution < -0.4 is 10.5 Å². The van der Waals surface area contributed by atoms with Gasteiger partial charge in [0.05, 0.1) is 12.7 Å². The maximum Gasteiger partial charge on any atom is 0.243 e. The van der Waals surface area contributed by atoms with Crippen LogP contribution in [0, 0.1) is 17.7 Å². The number of benzene rings is 1. The monoisotopic (exact) mass is 308 g/mol. The van der Waals surface area contributed by atoms with Gasteiger partial charge >= 0.3 is 0 Å². The first kappa shape index (κ1) is 15.2. The van der Waals surface area contributed by atoms with Crippen LogP contribution >= 0.6 is 0 Å². The first-order valence-electron chi connectivity index (χ1n) is 5.99. The van der Waals surface area contributed by atoms with Crippen molar-refractivity contribution >= 4 is 10.0 Å². The number of hydrogen-bond donors (Lipinski definition) is 3. The number of aromatic amines is 1. The minimum atomic E-state index is -3.94. The summed E-state index contributed by atoms with van der Waals surface area (Å²) >= 11 is 0. The Kier molecular flexibility index (Phi) is 4.70. The summed E-state index contributed by atoms with van der Waals surface area (Å²) in [4.78, 5) is -0.427. The molecule has 2 aromatic rings. The van der Waals surface area contributed by atoms with Crippen molar-refractivity contribution in [3.05, 3.63) is 47.5 Å². The van der Waals surface area contributed by atoms with Crippen molar-refractivity contribution in [3.8, 4) is 11.8 Å². The summed E-state index contributed by atoms with van der Waals surface area (Å²) < 4.78 is 40.3. The van der Waals surface area contributed by atoms with E-state index in [4.69, 9.17) is 5.73 Å². The summed E-state index contributed by atoms with van der Waals surface area (Å²) in [6.45, 7) is 0.168. The van der Waals surface area contributed by atoms with Gasteiger partial charge < -0.3 is 5.73 Å². The molecular weight excluding hydrogens is 295 g/mol. The molecule has 0 radical (unpaired) electrons. The van der Waals surface area contributed by atoms with Crippen LogP contribution in [0.2, 0.25) is 0 Å². The molecule has 1 aromatic carbocycles. The molecule has 0 saturated heterocycles. The quantitative estimate of drug-likeness (QED) is 0.709. The van der Waals surface area contributed by atoms with E-state index >= 15 is 0 Å². The molecule has 4 N–H and O–H groups in total. The molecule has 0 saturated carbocycles. The average Bonchev–Trinajstić information content (AvgIpc) is 2.96. The van der Waals surface area contributed by atoms with Gasteiger partial charge in [-0.15, -0.1) is 0 Å². The Labute approximate surface area is 121 Å². The number of halogens is 1. The normalized spacial score (nSPS) is 11.0. The summed E-state index contributed by atoms with van der Waals surface area (Å²) in [6, 6.07) is 3.67. The fourth-order valence-corrected chi connectivity index (χ4v) is 2.66. The van der Waals surface area contributed by atoms with Crippen molar-refractivity contribution in [2.45, 2.75) is 11.4 Å². The standard InChI is InChI=1S/C13H13FN4O2S/c14-12-6-10(2-1-5-15)3-4-13(12)21(19,20)18-9-11-7-16-17-8-11/h3-4,6-8,18H,5,9,15H2,(H,16,17). The highest BCUT2D eigenvalue weighted by molar-refractivity contribution is 7.89. The van der Waals surface area contributed by atoms with E-state index < -0.39 is 20.7 Å². The molecule has 0 spiro atoms. The van der Waals surface area contributed by atoms with Gasteiger partial charge in [0.1, 0.15) is 10.7 Å². The number of nitrogens with one attached hydrogen (secondary N) is 2. The summed E-state index contributed by atoms with van der Waals surface area (Å²) in [7, 11) is -3.94. The lowest BCUT2D eigenvalue weighted by Gasteiger charge is -2.07. The fourth-order valence-electron chi connectivity index (χ4n) is 1.58. The Balaban J connectivity index is 2.19. The molecule has 1 heterocycles. The Morgan fingerprint density at radius 2 is 2.24 bits per heavy atom. The minimum Gasteiger partial charge on any atom is -0.320 e. The number of sulfonamides is 1. The van der Waals surface area contributed by atoms with Crippen LogP contribution in [0.3, 0.4) is 0 Å². The number of rotatable bonds is 4. The number of hydrogen-bond acceptors (Lipinski definition) is 4. The van der Waals surface area contributed by atoms with Gasteiger partial charge in [0.15, 0.2) is 0 Å². The van der Waals surface area contributed by atoms with Gasteiger partial charge in [0.2, 0.25) is 10.0 Å². The summed E-state index contributed by atoms with van der Waals surface area (Å²) in [5.74, 6) is 4.34. The molecule has 6 nitrogen and oxygen atoms in total. The molecule has 1 aromatic heterocycles. The Morgan fingerprint density at radius 1 is 1.43 bits per heavy atom.